The van der Waals surface area contributed by atoms with E-state index in [9.17, 15) is 0 Å². The molecule has 25 heavy (non-hydrogen) atoms. The second kappa shape index (κ2) is 6.38. The van der Waals surface area contributed by atoms with Crippen LogP contribution < -0.4 is 5.46 Å². The molecule has 1 aromatic carbocycles. The molecule has 5 heteroatoms. The van der Waals surface area contributed by atoms with E-state index in [4.69, 9.17) is 14.0 Å². The second-order valence-electron chi connectivity index (χ2n) is 8.71. The lowest BCUT2D eigenvalue weighted by Crippen LogP contribution is -2.48. The standard InChI is InChI=1S/C20H30BNO3/c1-19(2)20(3,4)25-21(24-19)16-8-5-7-15(13-16)14-22-11-12-23-18-10-6-9-17(18)22/h5,7-8,13,17-18H,6,9-12,14H2,1-4H3. The summed E-state index contributed by atoms with van der Waals surface area (Å²) >= 11 is 0. The molecule has 0 N–H and O–H groups in total. The van der Waals surface area contributed by atoms with E-state index in [2.05, 4.69) is 56.9 Å². The summed E-state index contributed by atoms with van der Waals surface area (Å²) in [5.74, 6) is 0. The molecule has 4 nitrogen and oxygen atoms in total. The van der Waals surface area contributed by atoms with Crippen molar-refractivity contribution in [3.05, 3.63) is 29.8 Å². The molecule has 2 heterocycles. The molecule has 0 amide bonds. The van der Waals surface area contributed by atoms with Crippen molar-refractivity contribution < 1.29 is 14.0 Å². The van der Waals surface area contributed by atoms with E-state index in [1.54, 1.807) is 0 Å². The number of rotatable bonds is 3. The molecular formula is C20H30BNO3. The molecule has 0 aromatic heterocycles. The maximum atomic E-state index is 6.21. The van der Waals surface area contributed by atoms with E-state index in [1.807, 2.05) is 0 Å². The smallest absolute Gasteiger partial charge is 0.399 e. The third-order valence-electron chi connectivity index (χ3n) is 6.46. The van der Waals surface area contributed by atoms with E-state index in [-0.39, 0.29) is 18.3 Å². The first-order valence-corrected chi connectivity index (χ1v) is 9.66. The Balaban J connectivity index is 1.49. The lowest BCUT2D eigenvalue weighted by atomic mass is 9.78. The Labute approximate surface area is 152 Å². The summed E-state index contributed by atoms with van der Waals surface area (Å²) in [4.78, 5) is 2.60. The summed E-state index contributed by atoms with van der Waals surface area (Å²) in [5, 5.41) is 0. The summed E-state index contributed by atoms with van der Waals surface area (Å²) < 4.78 is 18.4. The average molecular weight is 343 g/mol. The Morgan fingerprint density at radius 2 is 1.88 bits per heavy atom. The van der Waals surface area contributed by atoms with E-state index >= 15 is 0 Å². The lowest BCUT2D eigenvalue weighted by Gasteiger charge is -2.37. The number of morpholine rings is 1. The molecule has 136 valence electrons. The maximum absolute atomic E-state index is 6.21. The van der Waals surface area contributed by atoms with E-state index in [0.717, 1.165) is 25.2 Å². The number of fused-ring (bicyclic) bond motifs is 1. The van der Waals surface area contributed by atoms with Gasteiger partial charge in [0.2, 0.25) is 0 Å². The Kier molecular flexibility index (Phi) is 4.47. The molecule has 1 aromatic rings. The largest absolute Gasteiger partial charge is 0.494 e. The van der Waals surface area contributed by atoms with Crippen LogP contribution in [0.3, 0.4) is 0 Å². The molecule has 0 radical (unpaired) electrons. The minimum atomic E-state index is -0.297. The highest BCUT2D eigenvalue weighted by Gasteiger charge is 2.51. The van der Waals surface area contributed by atoms with Gasteiger partial charge in [0.25, 0.3) is 0 Å². The van der Waals surface area contributed by atoms with Crippen LogP contribution in [0.15, 0.2) is 24.3 Å². The van der Waals surface area contributed by atoms with Gasteiger partial charge in [0.1, 0.15) is 0 Å². The minimum absolute atomic E-state index is 0.283. The van der Waals surface area contributed by atoms with Gasteiger partial charge in [-0.1, -0.05) is 24.3 Å². The van der Waals surface area contributed by atoms with Crippen LogP contribution in [0.4, 0.5) is 0 Å². The van der Waals surface area contributed by atoms with Crippen molar-refractivity contribution in [3.8, 4) is 0 Å². The van der Waals surface area contributed by atoms with Gasteiger partial charge in [-0.2, -0.15) is 0 Å². The van der Waals surface area contributed by atoms with Crippen molar-refractivity contribution in [1.82, 2.24) is 4.90 Å². The monoisotopic (exact) mass is 343 g/mol. The summed E-state index contributed by atoms with van der Waals surface area (Å²) in [5.41, 5.74) is 1.86. The number of ether oxygens (including phenoxy) is 1. The molecule has 2 atom stereocenters. The van der Waals surface area contributed by atoms with Crippen molar-refractivity contribution >= 4 is 12.6 Å². The molecule has 2 aliphatic heterocycles. The first kappa shape index (κ1) is 17.5. The van der Waals surface area contributed by atoms with Gasteiger partial charge < -0.3 is 14.0 Å². The first-order chi connectivity index (χ1) is 11.9. The van der Waals surface area contributed by atoms with Crippen LogP contribution in [0.1, 0.15) is 52.5 Å². The zero-order chi connectivity index (χ0) is 17.7. The van der Waals surface area contributed by atoms with Crippen molar-refractivity contribution in [3.63, 3.8) is 0 Å². The van der Waals surface area contributed by atoms with Gasteiger partial charge in [-0.3, -0.25) is 4.90 Å². The van der Waals surface area contributed by atoms with Crippen molar-refractivity contribution in [2.45, 2.75) is 76.9 Å². The fourth-order valence-electron chi connectivity index (χ4n) is 4.25. The average Bonchev–Trinajstić information content (AvgIpc) is 3.11. The van der Waals surface area contributed by atoms with E-state index < -0.39 is 0 Å². The summed E-state index contributed by atoms with van der Waals surface area (Å²) in [6, 6.07) is 9.30. The zero-order valence-corrected chi connectivity index (χ0v) is 16.0. The highest BCUT2D eigenvalue weighted by atomic mass is 16.7. The van der Waals surface area contributed by atoms with Gasteiger partial charge in [0, 0.05) is 19.1 Å². The van der Waals surface area contributed by atoms with Crippen LogP contribution in [0.2, 0.25) is 0 Å². The van der Waals surface area contributed by atoms with Crippen molar-refractivity contribution in [2.24, 2.45) is 0 Å². The molecule has 1 saturated carbocycles. The SMILES string of the molecule is CC1(C)OB(c2cccc(CN3CCOC4CCCC43)c2)OC1(C)C. The van der Waals surface area contributed by atoms with Crippen LogP contribution in [-0.2, 0) is 20.6 Å². The Morgan fingerprint density at radius 1 is 1.12 bits per heavy atom. The van der Waals surface area contributed by atoms with Gasteiger partial charge in [0.05, 0.1) is 23.9 Å². The zero-order valence-electron chi connectivity index (χ0n) is 16.0. The van der Waals surface area contributed by atoms with Crippen LogP contribution in [0.5, 0.6) is 0 Å². The molecule has 4 rings (SSSR count). The molecule has 1 aliphatic carbocycles. The van der Waals surface area contributed by atoms with Crippen LogP contribution >= 0.6 is 0 Å². The molecule has 0 spiro atoms. The molecule has 2 unspecified atom stereocenters. The fraction of sp³-hybridized carbons (Fsp3) is 0.700. The Bertz CT molecular complexity index is 617. The highest BCUT2D eigenvalue weighted by molar-refractivity contribution is 6.62. The number of hydrogen-bond acceptors (Lipinski definition) is 4. The molecule has 2 saturated heterocycles. The third-order valence-corrected chi connectivity index (χ3v) is 6.46. The van der Waals surface area contributed by atoms with Gasteiger partial charge in [-0.25, -0.2) is 0 Å². The van der Waals surface area contributed by atoms with Crippen LogP contribution in [0.25, 0.3) is 0 Å². The van der Waals surface area contributed by atoms with Gasteiger partial charge in [0.15, 0.2) is 0 Å². The predicted octanol–water partition coefficient (Wildman–Crippen LogP) is 2.74. The summed E-state index contributed by atoms with van der Waals surface area (Å²) in [7, 11) is -0.283. The van der Waals surface area contributed by atoms with E-state index in [1.165, 1.54) is 24.8 Å². The molecule has 3 fully saturated rings. The Morgan fingerprint density at radius 3 is 2.64 bits per heavy atom. The predicted molar refractivity (Wildman–Crippen MR) is 99.9 cm³/mol. The fourth-order valence-corrected chi connectivity index (χ4v) is 4.25. The highest BCUT2D eigenvalue weighted by Crippen LogP contribution is 2.36. The third kappa shape index (κ3) is 3.28. The normalized spacial score (nSPS) is 31.3. The number of nitrogens with zero attached hydrogens (tertiary/aromatic N) is 1. The topological polar surface area (TPSA) is 30.9 Å². The molecular weight excluding hydrogens is 313 g/mol. The van der Waals surface area contributed by atoms with Crippen LogP contribution in [-0.4, -0.2) is 48.5 Å². The first-order valence-electron chi connectivity index (χ1n) is 9.66. The van der Waals surface area contributed by atoms with Gasteiger partial charge in [-0.05, 0) is 58.0 Å². The molecule has 0 bridgehead atoms. The summed E-state index contributed by atoms with van der Waals surface area (Å²) in [6.07, 6.45) is 4.22. The Hall–Kier alpha value is -0.875. The van der Waals surface area contributed by atoms with Gasteiger partial charge >= 0.3 is 7.12 Å². The quantitative estimate of drug-likeness (QED) is 0.790. The van der Waals surface area contributed by atoms with Crippen LogP contribution in [0, 0.1) is 0 Å². The molecule has 3 aliphatic rings. The van der Waals surface area contributed by atoms with Gasteiger partial charge in [-0.15, -0.1) is 0 Å². The summed E-state index contributed by atoms with van der Waals surface area (Å²) in [6.45, 7) is 11.3. The second-order valence-corrected chi connectivity index (χ2v) is 8.71. The van der Waals surface area contributed by atoms with E-state index in [0.29, 0.717) is 12.1 Å². The van der Waals surface area contributed by atoms with Crippen molar-refractivity contribution in [1.29, 1.82) is 0 Å². The number of benzene rings is 1. The minimum Gasteiger partial charge on any atom is -0.399 e. The lowest BCUT2D eigenvalue weighted by molar-refractivity contribution is -0.0588. The number of hydrogen-bond donors (Lipinski definition) is 0. The maximum Gasteiger partial charge on any atom is 0.494 e. The van der Waals surface area contributed by atoms with Crippen molar-refractivity contribution in [2.75, 3.05) is 13.2 Å².